The lowest BCUT2D eigenvalue weighted by Crippen LogP contribution is -2.48. The molecule has 1 aromatic carbocycles. The topological polar surface area (TPSA) is 88.3 Å². The highest BCUT2D eigenvalue weighted by Gasteiger charge is 2.37. The molecule has 1 amide bonds. The Morgan fingerprint density at radius 3 is 2.57 bits per heavy atom. The van der Waals surface area contributed by atoms with Crippen molar-refractivity contribution in [1.29, 1.82) is 0 Å². The molecule has 1 aliphatic rings. The third-order valence-corrected chi connectivity index (χ3v) is 5.49. The Kier molecular flexibility index (Phi) is 4.68. The molecule has 3 heterocycles. The minimum Gasteiger partial charge on any atom is -0.383 e. The smallest absolute Gasteiger partial charge is 0.275 e. The first kappa shape index (κ1) is 18.3. The Morgan fingerprint density at radius 2 is 1.86 bits per heavy atom. The van der Waals surface area contributed by atoms with E-state index in [2.05, 4.69) is 10.1 Å². The van der Waals surface area contributed by atoms with Gasteiger partial charge in [-0.2, -0.15) is 5.10 Å². The molecule has 1 saturated heterocycles. The number of benzene rings is 1. The number of carbonyl (C=O) groups excluding carboxylic acids is 1. The second kappa shape index (κ2) is 7.16. The van der Waals surface area contributed by atoms with Crippen LogP contribution < -0.4 is 5.56 Å². The van der Waals surface area contributed by atoms with Crippen molar-refractivity contribution in [2.45, 2.75) is 31.4 Å². The number of rotatable bonds is 3. The summed E-state index contributed by atoms with van der Waals surface area (Å²) in [5, 5.41) is 16.4. The van der Waals surface area contributed by atoms with E-state index in [9.17, 15) is 14.7 Å². The molecule has 0 radical (unpaired) electrons. The first-order chi connectivity index (χ1) is 13.5. The standard InChI is InChI=1S/C21H22N4O3/c1-15(25-20(27)17-7-3-2-6-16(17)14-23-25)19(26)24-12-9-21(28,10-13-24)18-8-4-5-11-22-18/h2-8,11,14-15,28H,9-10,12-13H2,1H3. The number of carbonyl (C=O) groups is 1. The Hall–Kier alpha value is -3.06. The molecule has 28 heavy (non-hydrogen) atoms. The molecule has 144 valence electrons. The largest absolute Gasteiger partial charge is 0.383 e. The van der Waals surface area contributed by atoms with Gasteiger partial charge in [-0.15, -0.1) is 0 Å². The lowest BCUT2D eigenvalue weighted by atomic mass is 9.87. The molecule has 0 aliphatic carbocycles. The van der Waals surface area contributed by atoms with Crippen molar-refractivity contribution >= 4 is 16.7 Å². The zero-order valence-electron chi connectivity index (χ0n) is 15.7. The van der Waals surface area contributed by atoms with Gasteiger partial charge in [-0.3, -0.25) is 14.6 Å². The third kappa shape index (κ3) is 3.18. The molecule has 2 aromatic heterocycles. The highest BCUT2D eigenvalue weighted by atomic mass is 16.3. The van der Waals surface area contributed by atoms with Crippen LogP contribution in [0.4, 0.5) is 0 Å². The minimum absolute atomic E-state index is 0.173. The quantitative estimate of drug-likeness (QED) is 0.752. The van der Waals surface area contributed by atoms with E-state index in [0.29, 0.717) is 37.0 Å². The molecule has 3 aromatic rings. The summed E-state index contributed by atoms with van der Waals surface area (Å²) in [5.41, 5.74) is -0.678. The fraction of sp³-hybridized carbons (Fsp3) is 0.333. The molecule has 7 nitrogen and oxygen atoms in total. The number of hydrogen-bond acceptors (Lipinski definition) is 5. The number of nitrogens with zero attached hydrogens (tertiary/aromatic N) is 4. The van der Waals surface area contributed by atoms with Crippen LogP contribution in [0.1, 0.15) is 31.5 Å². The van der Waals surface area contributed by atoms with Gasteiger partial charge in [0.2, 0.25) is 5.91 Å². The molecule has 1 N–H and O–H groups in total. The van der Waals surface area contributed by atoms with Gasteiger partial charge >= 0.3 is 0 Å². The molecule has 1 fully saturated rings. The summed E-state index contributed by atoms with van der Waals surface area (Å²) in [6, 6.07) is 11.9. The lowest BCUT2D eigenvalue weighted by Gasteiger charge is -2.38. The van der Waals surface area contributed by atoms with Gasteiger partial charge in [-0.25, -0.2) is 4.68 Å². The number of amides is 1. The normalized spacial score (nSPS) is 17.4. The first-order valence-electron chi connectivity index (χ1n) is 9.39. The fourth-order valence-corrected chi connectivity index (χ4v) is 3.74. The van der Waals surface area contributed by atoms with Crippen LogP contribution in [-0.2, 0) is 10.4 Å². The number of pyridine rings is 1. The summed E-state index contributed by atoms with van der Waals surface area (Å²) < 4.78 is 1.24. The second-order valence-electron chi connectivity index (χ2n) is 7.23. The van der Waals surface area contributed by atoms with Gasteiger partial charge in [0.05, 0.1) is 17.3 Å². The van der Waals surface area contributed by atoms with Crippen molar-refractivity contribution < 1.29 is 9.90 Å². The Bertz CT molecular complexity index is 1060. The maximum atomic E-state index is 13.0. The average molecular weight is 378 g/mol. The predicted molar refractivity (Wildman–Crippen MR) is 105 cm³/mol. The zero-order chi connectivity index (χ0) is 19.7. The lowest BCUT2D eigenvalue weighted by molar-refractivity contribution is -0.139. The van der Waals surface area contributed by atoms with Gasteiger partial charge in [0.25, 0.3) is 5.56 Å². The van der Waals surface area contributed by atoms with Crippen molar-refractivity contribution in [2.24, 2.45) is 0 Å². The van der Waals surface area contributed by atoms with Gasteiger partial charge in [-0.1, -0.05) is 24.3 Å². The average Bonchev–Trinajstić information content (AvgIpc) is 2.74. The van der Waals surface area contributed by atoms with E-state index in [4.69, 9.17) is 0 Å². The third-order valence-electron chi connectivity index (χ3n) is 5.49. The van der Waals surface area contributed by atoms with Gasteiger partial charge in [0, 0.05) is 24.7 Å². The van der Waals surface area contributed by atoms with Crippen LogP contribution in [0.5, 0.6) is 0 Å². The second-order valence-corrected chi connectivity index (χ2v) is 7.23. The van der Waals surface area contributed by atoms with Crippen LogP contribution in [0.2, 0.25) is 0 Å². The molecule has 1 aliphatic heterocycles. The van der Waals surface area contributed by atoms with Crippen molar-refractivity contribution in [3.63, 3.8) is 0 Å². The summed E-state index contributed by atoms with van der Waals surface area (Å²) in [5.74, 6) is -0.173. The van der Waals surface area contributed by atoms with Gasteiger partial charge in [0.15, 0.2) is 0 Å². The van der Waals surface area contributed by atoms with Crippen LogP contribution in [0.3, 0.4) is 0 Å². The predicted octanol–water partition coefficient (Wildman–Crippen LogP) is 1.86. The molecule has 0 bridgehead atoms. The molecule has 0 spiro atoms. The number of likely N-dealkylation sites (tertiary alicyclic amines) is 1. The Morgan fingerprint density at radius 1 is 1.14 bits per heavy atom. The van der Waals surface area contributed by atoms with Crippen LogP contribution in [-0.4, -0.2) is 43.8 Å². The van der Waals surface area contributed by atoms with Crippen molar-refractivity contribution in [2.75, 3.05) is 13.1 Å². The molecule has 1 atom stereocenters. The number of aliphatic hydroxyl groups is 1. The van der Waals surface area contributed by atoms with Crippen LogP contribution in [0, 0.1) is 0 Å². The van der Waals surface area contributed by atoms with Crippen LogP contribution in [0.25, 0.3) is 10.8 Å². The number of fused-ring (bicyclic) bond motifs is 1. The molecule has 1 unspecified atom stereocenters. The van der Waals surface area contributed by atoms with Crippen LogP contribution in [0.15, 0.2) is 59.7 Å². The molecular formula is C21H22N4O3. The van der Waals surface area contributed by atoms with Gasteiger partial charge in [-0.05, 0) is 38.0 Å². The summed E-state index contributed by atoms with van der Waals surface area (Å²) in [6.07, 6.45) is 4.08. The van der Waals surface area contributed by atoms with E-state index in [1.165, 1.54) is 4.68 Å². The van der Waals surface area contributed by atoms with E-state index >= 15 is 0 Å². The Balaban J connectivity index is 1.51. The van der Waals surface area contributed by atoms with E-state index in [0.717, 1.165) is 5.39 Å². The van der Waals surface area contributed by atoms with Gasteiger partial charge < -0.3 is 10.0 Å². The van der Waals surface area contributed by atoms with E-state index in [1.807, 2.05) is 24.3 Å². The summed E-state index contributed by atoms with van der Waals surface area (Å²) >= 11 is 0. The number of hydrogen-bond donors (Lipinski definition) is 1. The van der Waals surface area contributed by atoms with Crippen molar-refractivity contribution in [3.05, 3.63) is 70.9 Å². The summed E-state index contributed by atoms with van der Waals surface area (Å²) in [7, 11) is 0. The minimum atomic E-state index is -1.03. The van der Waals surface area contributed by atoms with Crippen molar-refractivity contribution in [1.82, 2.24) is 19.7 Å². The highest BCUT2D eigenvalue weighted by Crippen LogP contribution is 2.32. The zero-order valence-corrected chi connectivity index (χ0v) is 15.7. The van der Waals surface area contributed by atoms with E-state index in [-0.39, 0.29) is 11.5 Å². The molecule has 4 rings (SSSR count). The monoisotopic (exact) mass is 378 g/mol. The maximum Gasteiger partial charge on any atom is 0.275 e. The maximum absolute atomic E-state index is 13.0. The Labute approximate surface area is 162 Å². The van der Waals surface area contributed by atoms with E-state index in [1.54, 1.807) is 42.4 Å². The molecule has 0 saturated carbocycles. The van der Waals surface area contributed by atoms with Crippen molar-refractivity contribution in [3.8, 4) is 0 Å². The summed E-state index contributed by atoms with van der Waals surface area (Å²) in [6.45, 7) is 2.49. The van der Waals surface area contributed by atoms with Crippen LogP contribution >= 0.6 is 0 Å². The highest BCUT2D eigenvalue weighted by molar-refractivity contribution is 5.82. The van der Waals surface area contributed by atoms with Gasteiger partial charge in [0.1, 0.15) is 11.6 Å². The number of aromatic nitrogens is 3. The first-order valence-corrected chi connectivity index (χ1v) is 9.39. The number of piperidine rings is 1. The molecular weight excluding hydrogens is 356 g/mol. The van der Waals surface area contributed by atoms with E-state index < -0.39 is 11.6 Å². The SMILES string of the molecule is CC(C(=O)N1CCC(O)(c2ccccn2)CC1)n1ncc2ccccc2c1=O. The molecule has 7 heteroatoms. The summed E-state index contributed by atoms with van der Waals surface area (Å²) in [4.78, 5) is 31.6. The fourth-order valence-electron chi connectivity index (χ4n) is 3.74.